The van der Waals surface area contributed by atoms with Gasteiger partial charge in [0.2, 0.25) is 15.9 Å². The molecule has 0 radical (unpaired) electrons. The van der Waals surface area contributed by atoms with Crippen LogP contribution in [0.25, 0.3) is 10.9 Å². The minimum Gasteiger partial charge on any atom is -0.493 e. The molecule has 0 fully saturated rings. The first-order chi connectivity index (χ1) is 14.4. The van der Waals surface area contributed by atoms with E-state index in [1.807, 2.05) is 0 Å². The fourth-order valence-corrected chi connectivity index (χ4v) is 4.03. The first-order valence-electron chi connectivity index (χ1n) is 8.83. The lowest BCUT2D eigenvalue weighted by molar-refractivity contribution is 0.459. The molecule has 0 amide bonds. The highest BCUT2D eigenvalue weighted by Gasteiger charge is 2.18. The van der Waals surface area contributed by atoms with Crippen LogP contribution in [0.1, 0.15) is 5.56 Å². The van der Waals surface area contributed by atoms with Crippen molar-refractivity contribution < 1.29 is 13.5 Å². The van der Waals surface area contributed by atoms with Crippen LogP contribution in [0.2, 0.25) is 5.02 Å². The number of aromatic nitrogens is 2. The van der Waals surface area contributed by atoms with Gasteiger partial charge in [-0.2, -0.15) is 0 Å². The molecule has 0 unspecified atom stereocenters. The molecule has 0 aliphatic rings. The topological polar surface area (TPSA) is 120 Å². The number of pyridine rings is 1. The summed E-state index contributed by atoms with van der Waals surface area (Å²) in [6.07, 6.45) is 3.18. The van der Waals surface area contributed by atoms with Gasteiger partial charge in [-0.15, -0.1) is 10.2 Å². The number of hydrogen-bond donors (Lipinski definition) is 3. The monoisotopic (exact) mass is 441 g/mol. The highest BCUT2D eigenvalue weighted by molar-refractivity contribution is 7.89. The van der Waals surface area contributed by atoms with Gasteiger partial charge in [0.25, 0.3) is 0 Å². The molecule has 0 aliphatic carbocycles. The summed E-state index contributed by atoms with van der Waals surface area (Å²) in [6.45, 7) is 0.125. The lowest BCUT2D eigenvalue weighted by Crippen LogP contribution is -2.23. The summed E-state index contributed by atoms with van der Waals surface area (Å²) in [6, 6.07) is 14.8. The highest BCUT2D eigenvalue weighted by atomic mass is 35.5. The van der Waals surface area contributed by atoms with Crippen molar-refractivity contribution in [2.45, 2.75) is 11.4 Å². The lowest BCUT2D eigenvalue weighted by Gasteiger charge is -2.07. The number of halogens is 1. The minimum absolute atomic E-state index is 0.0391. The lowest BCUT2D eigenvalue weighted by atomic mass is 10.2. The van der Waals surface area contributed by atoms with E-state index in [1.165, 1.54) is 12.1 Å². The van der Waals surface area contributed by atoms with Crippen LogP contribution in [0.5, 0.6) is 5.88 Å². The summed E-state index contributed by atoms with van der Waals surface area (Å²) in [5.41, 5.74) is 1.85. The van der Waals surface area contributed by atoms with Crippen LogP contribution in [0.3, 0.4) is 0 Å². The summed E-state index contributed by atoms with van der Waals surface area (Å²) >= 11 is 6.08. The van der Waals surface area contributed by atoms with E-state index in [0.717, 1.165) is 5.56 Å². The van der Waals surface area contributed by atoms with E-state index in [4.69, 9.17) is 11.6 Å². The molecule has 4 aromatic rings. The highest BCUT2D eigenvalue weighted by Crippen LogP contribution is 2.38. The average Bonchev–Trinajstić information content (AvgIpc) is 3.07. The van der Waals surface area contributed by atoms with E-state index in [2.05, 4.69) is 24.9 Å². The van der Waals surface area contributed by atoms with Gasteiger partial charge in [-0.3, -0.25) is 4.98 Å². The summed E-state index contributed by atoms with van der Waals surface area (Å²) in [5.74, 6) is -0.222. The molecule has 152 valence electrons. The molecule has 0 atom stereocenters. The average molecular weight is 442 g/mol. The standard InChI is InChI=1S/C20H16ClN5O3S/c21-16-3-1-2-4-18(16)25-26-19-15-11-14(5-6-17(15)24-20(19)27)30(28,29)23-12-13-7-9-22-10-8-13/h1-11,23-24,27H,12H2. The van der Waals surface area contributed by atoms with E-state index >= 15 is 0 Å². The Labute approximate surface area is 177 Å². The second-order valence-corrected chi connectivity index (χ2v) is 8.54. The molecule has 4 rings (SSSR count). The minimum atomic E-state index is -3.79. The van der Waals surface area contributed by atoms with Crippen molar-refractivity contribution in [1.82, 2.24) is 14.7 Å². The van der Waals surface area contributed by atoms with Gasteiger partial charge in [0.05, 0.1) is 15.4 Å². The Hall–Kier alpha value is -3.27. The van der Waals surface area contributed by atoms with Crippen LogP contribution in [0, 0.1) is 0 Å². The van der Waals surface area contributed by atoms with Crippen LogP contribution in [-0.4, -0.2) is 23.5 Å². The zero-order valence-corrected chi connectivity index (χ0v) is 17.0. The van der Waals surface area contributed by atoms with Crippen LogP contribution in [0.4, 0.5) is 11.4 Å². The normalized spacial score (nSPS) is 12.0. The number of H-pyrrole nitrogens is 1. The van der Waals surface area contributed by atoms with Gasteiger partial charge in [-0.25, -0.2) is 13.1 Å². The maximum absolute atomic E-state index is 12.7. The molecule has 2 aromatic carbocycles. The van der Waals surface area contributed by atoms with Gasteiger partial charge in [-0.1, -0.05) is 23.7 Å². The molecular weight excluding hydrogens is 426 g/mol. The number of hydrogen-bond acceptors (Lipinski definition) is 6. The molecule has 0 saturated heterocycles. The Balaban J connectivity index is 1.66. The number of nitrogens with zero attached hydrogens (tertiary/aromatic N) is 3. The fourth-order valence-electron chi connectivity index (χ4n) is 2.81. The Morgan fingerprint density at radius 3 is 2.60 bits per heavy atom. The zero-order chi connectivity index (χ0) is 21.1. The van der Waals surface area contributed by atoms with Crippen molar-refractivity contribution in [3.8, 4) is 5.88 Å². The number of rotatable bonds is 6. The molecule has 0 saturated carbocycles. The second-order valence-electron chi connectivity index (χ2n) is 6.36. The molecule has 0 bridgehead atoms. The van der Waals surface area contributed by atoms with Gasteiger partial charge in [0.1, 0.15) is 5.69 Å². The van der Waals surface area contributed by atoms with Crippen molar-refractivity contribution in [2.75, 3.05) is 0 Å². The molecular formula is C20H16ClN5O3S. The molecule has 8 nitrogen and oxygen atoms in total. The molecule has 10 heteroatoms. The quantitative estimate of drug-likeness (QED) is 0.371. The molecule has 2 aromatic heterocycles. The third-order valence-corrected chi connectivity index (χ3v) is 6.08. The van der Waals surface area contributed by atoms with E-state index in [1.54, 1.807) is 54.9 Å². The number of nitrogens with one attached hydrogen (secondary N) is 2. The van der Waals surface area contributed by atoms with Crippen LogP contribution < -0.4 is 4.72 Å². The summed E-state index contributed by atoms with van der Waals surface area (Å²) < 4.78 is 28.0. The summed E-state index contributed by atoms with van der Waals surface area (Å²) in [4.78, 5) is 6.71. The predicted molar refractivity (Wildman–Crippen MR) is 114 cm³/mol. The second kappa shape index (κ2) is 8.23. The van der Waals surface area contributed by atoms with Gasteiger partial charge in [0.15, 0.2) is 5.69 Å². The fraction of sp³-hybridized carbons (Fsp3) is 0.0500. The maximum Gasteiger partial charge on any atom is 0.240 e. The molecule has 30 heavy (non-hydrogen) atoms. The van der Waals surface area contributed by atoms with E-state index in [9.17, 15) is 13.5 Å². The van der Waals surface area contributed by atoms with Crippen LogP contribution >= 0.6 is 11.6 Å². The Bertz CT molecular complexity index is 1340. The zero-order valence-electron chi connectivity index (χ0n) is 15.4. The number of aromatic amines is 1. The number of benzene rings is 2. The van der Waals surface area contributed by atoms with Gasteiger partial charge < -0.3 is 10.1 Å². The van der Waals surface area contributed by atoms with Gasteiger partial charge >= 0.3 is 0 Å². The molecule has 2 heterocycles. The maximum atomic E-state index is 12.7. The molecule has 0 spiro atoms. The van der Waals surface area contributed by atoms with Crippen molar-refractivity contribution >= 4 is 43.9 Å². The van der Waals surface area contributed by atoms with Crippen molar-refractivity contribution in [3.05, 3.63) is 77.6 Å². The third kappa shape index (κ3) is 4.18. The third-order valence-electron chi connectivity index (χ3n) is 4.36. The van der Waals surface area contributed by atoms with E-state index in [-0.39, 0.29) is 23.0 Å². The summed E-state index contributed by atoms with van der Waals surface area (Å²) in [7, 11) is -3.79. The van der Waals surface area contributed by atoms with E-state index in [0.29, 0.717) is 21.6 Å². The molecule has 0 aliphatic heterocycles. The SMILES string of the molecule is O=S(=O)(NCc1ccncc1)c1ccc2[nH]c(O)c(N=Nc3ccccc3Cl)c2c1. The van der Waals surface area contributed by atoms with Gasteiger partial charge in [0, 0.05) is 24.3 Å². The number of fused-ring (bicyclic) bond motifs is 1. The van der Waals surface area contributed by atoms with Gasteiger partial charge in [-0.05, 0) is 48.0 Å². The first kappa shape index (κ1) is 20.0. The first-order valence-corrected chi connectivity index (χ1v) is 10.7. The predicted octanol–water partition coefficient (Wildman–Crippen LogP) is 4.82. The Morgan fingerprint density at radius 2 is 1.83 bits per heavy atom. The number of azo groups is 1. The van der Waals surface area contributed by atoms with Crippen molar-refractivity contribution in [1.29, 1.82) is 0 Å². The smallest absolute Gasteiger partial charge is 0.240 e. The van der Waals surface area contributed by atoms with E-state index < -0.39 is 10.0 Å². The summed E-state index contributed by atoms with van der Waals surface area (Å²) in [5, 5.41) is 19.2. The van der Waals surface area contributed by atoms with Crippen molar-refractivity contribution in [3.63, 3.8) is 0 Å². The van der Waals surface area contributed by atoms with Crippen LogP contribution in [0.15, 0.2) is 82.1 Å². The Morgan fingerprint density at radius 1 is 1.07 bits per heavy atom. The number of aromatic hydroxyl groups is 1. The number of sulfonamides is 1. The Kier molecular flexibility index (Phi) is 5.49. The van der Waals surface area contributed by atoms with Crippen molar-refractivity contribution in [2.24, 2.45) is 10.2 Å². The molecule has 3 N–H and O–H groups in total. The van der Waals surface area contributed by atoms with Crippen LogP contribution in [-0.2, 0) is 16.6 Å². The largest absolute Gasteiger partial charge is 0.493 e.